The van der Waals surface area contributed by atoms with Gasteiger partial charge in [0.05, 0.1) is 27.2 Å². The fourth-order valence-electron chi connectivity index (χ4n) is 3.04. The monoisotopic (exact) mass is 335 g/mol. The Morgan fingerprint density at radius 2 is 2.18 bits per heavy atom. The zero-order valence-corrected chi connectivity index (χ0v) is 13.0. The fraction of sp³-hybridized carbons (Fsp3) is 0.200. The second kappa shape index (κ2) is 4.76. The van der Waals surface area contributed by atoms with E-state index in [1.165, 1.54) is 0 Å². The molecule has 0 fully saturated rings. The molecule has 2 N–H and O–H groups in total. The number of H-pyrrole nitrogens is 1. The Labute approximate surface area is 136 Å². The topological polar surface area (TPSA) is 67.0 Å². The highest BCUT2D eigenvalue weighted by molar-refractivity contribution is 6.42. The molecule has 2 aromatic rings. The van der Waals surface area contributed by atoms with Gasteiger partial charge in [0.1, 0.15) is 6.61 Å². The predicted octanol–water partition coefficient (Wildman–Crippen LogP) is 3.39. The van der Waals surface area contributed by atoms with E-state index in [0.717, 1.165) is 22.5 Å². The molecule has 2 aliphatic heterocycles. The number of aryl methyl sites for hydroxylation is 1. The molecule has 22 heavy (non-hydrogen) atoms. The Morgan fingerprint density at radius 3 is 3.00 bits per heavy atom. The number of rotatable bonds is 1. The van der Waals surface area contributed by atoms with Gasteiger partial charge in [-0.15, -0.1) is 0 Å². The van der Waals surface area contributed by atoms with Gasteiger partial charge in [-0.3, -0.25) is 5.10 Å². The first kappa shape index (κ1) is 13.7. The molecule has 1 unspecified atom stereocenters. The molecule has 5 nitrogen and oxygen atoms in total. The van der Waals surface area contributed by atoms with Crippen LogP contribution in [0.1, 0.15) is 22.7 Å². The summed E-state index contributed by atoms with van der Waals surface area (Å²) in [6.45, 7) is 2.12. The number of carbonyl (C=O) groups is 1. The van der Waals surface area contributed by atoms with Crippen LogP contribution >= 0.6 is 23.2 Å². The number of fused-ring (bicyclic) bond motifs is 1. The molecule has 4 rings (SSSR count). The lowest BCUT2D eigenvalue weighted by Crippen LogP contribution is -2.20. The Bertz CT molecular complexity index is 841. The molecule has 0 bridgehead atoms. The summed E-state index contributed by atoms with van der Waals surface area (Å²) in [5.74, 6) is 0.0107. The third kappa shape index (κ3) is 1.79. The Hall–Kier alpha value is -1.98. The number of aromatic amines is 1. The number of hydrogen-bond donors (Lipinski definition) is 2. The summed E-state index contributed by atoms with van der Waals surface area (Å²) in [5.41, 5.74) is 3.83. The van der Waals surface area contributed by atoms with Crippen molar-refractivity contribution in [1.82, 2.24) is 10.2 Å². The van der Waals surface area contributed by atoms with Crippen molar-refractivity contribution in [3.63, 3.8) is 0 Å². The number of benzene rings is 1. The molecule has 112 valence electrons. The SMILES string of the molecule is Cc1[nH]nc2c1C(c1cccc(Cl)c1Cl)C1=C(COC1=O)N2. The zero-order chi connectivity index (χ0) is 15.4. The Balaban J connectivity index is 2.00. The van der Waals surface area contributed by atoms with Gasteiger partial charge in [-0.05, 0) is 18.6 Å². The highest BCUT2D eigenvalue weighted by Crippen LogP contribution is 2.47. The number of anilines is 1. The maximum absolute atomic E-state index is 12.2. The third-order valence-corrected chi connectivity index (χ3v) is 4.86. The first-order valence-corrected chi connectivity index (χ1v) is 7.49. The smallest absolute Gasteiger partial charge is 0.337 e. The van der Waals surface area contributed by atoms with E-state index in [-0.39, 0.29) is 18.5 Å². The lowest BCUT2D eigenvalue weighted by Gasteiger charge is -2.25. The number of halogens is 2. The van der Waals surface area contributed by atoms with Crippen molar-refractivity contribution in [2.75, 3.05) is 11.9 Å². The molecule has 0 radical (unpaired) electrons. The number of cyclic esters (lactones) is 1. The second-order valence-corrected chi connectivity index (χ2v) is 6.07. The van der Waals surface area contributed by atoms with Crippen LogP contribution in [0.4, 0.5) is 5.82 Å². The first-order chi connectivity index (χ1) is 10.6. The molecule has 7 heteroatoms. The van der Waals surface area contributed by atoms with Crippen molar-refractivity contribution in [2.45, 2.75) is 12.8 Å². The molecule has 0 aliphatic carbocycles. The first-order valence-electron chi connectivity index (χ1n) is 6.74. The summed E-state index contributed by atoms with van der Waals surface area (Å²) in [5, 5.41) is 11.3. The third-order valence-electron chi connectivity index (χ3n) is 4.03. The average Bonchev–Trinajstić information content (AvgIpc) is 3.05. The van der Waals surface area contributed by atoms with Gasteiger partial charge < -0.3 is 10.1 Å². The van der Waals surface area contributed by atoms with Crippen LogP contribution in [0, 0.1) is 6.92 Å². The van der Waals surface area contributed by atoms with E-state index < -0.39 is 0 Å². The molecule has 0 saturated carbocycles. The van der Waals surface area contributed by atoms with Gasteiger partial charge in [-0.1, -0.05) is 35.3 Å². The summed E-state index contributed by atoms with van der Waals surface area (Å²) in [4.78, 5) is 12.2. The molecular weight excluding hydrogens is 325 g/mol. The van der Waals surface area contributed by atoms with Crippen molar-refractivity contribution >= 4 is 35.0 Å². The van der Waals surface area contributed by atoms with Crippen molar-refractivity contribution in [3.05, 3.63) is 56.3 Å². The molecule has 0 saturated heterocycles. The van der Waals surface area contributed by atoms with E-state index in [4.69, 9.17) is 27.9 Å². The quantitative estimate of drug-likeness (QED) is 0.784. The summed E-state index contributed by atoms with van der Waals surface area (Å²) in [6.07, 6.45) is 0. The van der Waals surface area contributed by atoms with Crippen molar-refractivity contribution < 1.29 is 9.53 Å². The van der Waals surface area contributed by atoms with E-state index in [9.17, 15) is 4.79 Å². The van der Waals surface area contributed by atoms with Gasteiger partial charge in [-0.25, -0.2) is 4.79 Å². The van der Waals surface area contributed by atoms with E-state index in [1.54, 1.807) is 6.07 Å². The molecule has 1 aromatic carbocycles. The molecular formula is C15H11Cl2N3O2. The van der Waals surface area contributed by atoms with Gasteiger partial charge in [0.2, 0.25) is 0 Å². The number of aromatic nitrogens is 2. The number of esters is 1. The van der Waals surface area contributed by atoms with Gasteiger partial charge in [-0.2, -0.15) is 5.10 Å². The number of nitrogens with one attached hydrogen (secondary N) is 2. The van der Waals surface area contributed by atoms with E-state index >= 15 is 0 Å². The van der Waals surface area contributed by atoms with Gasteiger partial charge in [0.15, 0.2) is 5.82 Å². The lowest BCUT2D eigenvalue weighted by atomic mass is 9.82. The van der Waals surface area contributed by atoms with Crippen LogP contribution in [0.5, 0.6) is 0 Å². The van der Waals surface area contributed by atoms with E-state index in [2.05, 4.69) is 15.5 Å². The van der Waals surface area contributed by atoms with Crippen LogP contribution in [-0.4, -0.2) is 22.8 Å². The zero-order valence-electron chi connectivity index (χ0n) is 11.5. The standard InChI is InChI=1S/C15H11Cl2N3O2/c1-6-10-11(7-3-2-4-8(16)13(7)17)12-9(5-22-15(12)21)18-14(10)20-19-6/h2-4,11H,5H2,1H3,(H2,18,19,20). The molecule has 0 amide bonds. The second-order valence-electron chi connectivity index (χ2n) is 5.28. The van der Waals surface area contributed by atoms with E-state index in [1.807, 2.05) is 19.1 Å². The maximum atomic E-state index is 12.2. The highest BCUT2D eigenvalue weighted by Gasteiger charge is 2.41. The molecule has 1 atom stereocenters. The van der Waals surface area contributed by atoms with Gasteiger partial charge in [0, 0.05) is 11.3 Å². The van der Waals surface area contributed by atoms with Gasteiger partial charge in [0.25, 0.3) is 0 Å². The van der Waals surface area contributed by atoms with Crippen LogP contribution in [-0.2, 0) is 9.53 Å². The normalized spacial score (nSPS) is 19.6. The number of hydrogen-bond acceptors (Lipinski definition) is 4. The Kier molecular flexibility index (Phi) is 2.96. The molecule has 3 heterocycles. The van der Waals surface area contributed by atoms with Crippen molar-refractivity contribution in [3.8, 4) is 0 Å². The van der Waals surface area contributed by atoms with Crippen LogP contribution in [0.25, 0.3) is 0 Å². The summed E-state index contributed by atoms with van der Waals surface area (Å²) < 4.78 is 5.17. The summed E-state index contributed by atoms with van der Waals surface area (Å²) in [7, 11) is 0. The minimum atomic E-state index is -0.341. The van der Waals surface area contributed by atoms with Crippen molar-refractivity contribution in [2.24, 2.45) is 0 Å². The number of nitrogens with zero attached hydrogens (tertiary/aromatic N) is 1. The fourth-order valence-corrected chi connectivity index (χ4v) is 3.46. The van der Waals surface area contributed by atoms with Gasteiger partial charge >= 0.3 is 5.97 Å². The molecule has 0 spiro atoms. The largest absolute Gasteiger partial charge is 0.456 e. The number of carbonyl (C=O) groups excluding carboxylic acids is 1. The highest BCUT2D eigenvalue weighted by atomic mass is 35.5. The van der Waals surface area contributed by atoms with Crippen LogP contribution in [0.3, 0.4) is 0 Å². The summed E-state index contributed by atoms with van der Waals surface area (Å²) >= 11 is 12.5. The maximum Gasteiger partial charge on any atom is 0.337 e. The minimum absolute atomic E-state index is 0.216. The summed E-state index contributed by atoms with van der Waals surface area (Å²) in [6, 6.07) is 5.41. The van der Waals surface area contributed by atoms with Crippen LogP contribution in [0.2, 0.25) is 10.0 Å². The van der Waals surface area contributed by atoms with Crippen LogP contribution < -0.4 is 5.32 Å². The average molecular weight is 336 g/mol. The minimum Gasteiger partial charge on any atom is -0.456 e. The lowest BCUT2D eigenvalue weighted by molar-refractivity contribution is -0.136. The number of ether oxygens (including phenoxy) is 1. The van der Waals surface area contributed by atoms with Crippen molar-refractivity contribution in [1.29, 1.82) is 0 Å². The molecule has 1 aromatic heterocycles. The molecule has 2 aliphatic rings. The predicted molar refractivity (Wildman–Crippen MR) is 83.2 cm³/mol. The Morgan fingerprint density at radius 1 is 1.36 bits per heavy atom. The van der Waals surface area contributed by atoms with Crippen LogP contribution in [0.15, 0.2) is 29.5 Å². The van der Waals surface area contributed by atoms with E-state index in [0.29, 0.717) is 21.4 Å².